The lowest BCUT2D eigenvalue weighted by Gasteiger charge is -2.02. The first kappa shape index (κ1) is 10.9. The molecule has 2 aromatic heterocycles. The Hall–Kier alpha value is -2.64. The molecule has 17 heavy (non-hydrogen) atoms. The van der Waals surface area contributed by atoms with Crippen molar-refractivity contribution in [2.24, 2.45) is 0 Å². The van der Waals surface area contributed by atoms with E-state index in [9.17, 15) is 10.1 Å². The third-order valence-electron chi connectivity index (χ3n) is 1.90. The fourth-order valence-electron chi connectivity index (χ4n) is 1.10. The third kappa shape index (κ3) is 2.91. The molecular weight excluding hydrogens is 224 g/mol. The maximum Gasteiger partial charge on any atom is 0.305 e. The van der Waals surface area contributed by atoms with Crippen LogP contribution in [0.3, 0.4) is 0 Å². The minimum atomic E-state index is -0.549. The van der Waals surface area contributed by atoms with Crippen molar-refractivity contribution in [3.05, 3.63) is 46.5 Å². The molecule has 8 heteroatoms. The molecule has 0 unspecified atom stereocenters. The quantitative estimate of drug-likeness (QED) is 0.613. The van der Waals surface area contributed by atoms with Crippen LogP contribution in [0.5, 0.6) is 0 Å². The zero-order valence-electron chi connectivity index (χ0n) is 8.65. The lowest BCUT2D eigenvalue weighted by molar-refractivity contribution is -0.385. The van der Waals surface area contributed by atoms with Gasteiger partial charge in [0.25, 0.3) is 0 Å². The summed E-state index contributed by atoms with van der Waals surface area (Å²) in [6.07, 6.45) is 3.86. The highest BCUT2D eigenvalue weighted by atomic mass is 16.6. The van der Waals surface area contributed by atoms with Crippen LogP contribution in [0, 0.1) is 10.1 Å². The first-order chi connectivity index (χ1) is 8.25. The van der Waals surface area contributed by atoms with Crippen molar-refractivity contribution in [2.75, 3.05) is 5.32 Å². The maximum absolute atomic E-state index is 10.4. The predicted molar refractivity (Wildman–Crippen MR) is 58.0 cm³/mol. The Morgan fingerprint density at radius 1 is 1.35 bits per heavy atom. The van der Waals surface area contributed by atoms with E-state index in [1.54, 1.807) is 18.3 Å². The van der Waals surface area contributed by atoms with Crippen LogP contribution in [-0.2, 0) is 6.54 Å². The van der Waals surface area contributed by atoms with Crippen LogP contribution in [0.4, 0.5) is 11.6 Å². The van der Waals surface area contributed by atoms with E-state index in [-0.39, 0.29) is 5.69 Å². The molecule has 0 saturated carbocycles. The van der Waals surface area contributed by atoms with Crippen molar-refractivity contribution in [2.45, 2.75) is 6.54 Å². The largest absolute Gasteiger partial charge is 0.348 e. The van der Waals surface area contributed by atoms with Crippen molar-refractivity contribution in [1.82, 2.24) is 20.2 Å². The van der Waals surface area contributed by atoms with Crippen LogP contribution >= 0.6 is 0 Å². The molecule has 0 aliphatic heterocycles. The Morgan fingerprint density at radius 2 is 2.12 bits per heavy atom. The predicted octanol–water partition coefficient (Wildman–Crippen LogP) is 0.787. The SMILES string of the molecule is O=[N+]([O-])c1cnc(NCc2cccnn2)nc1. The molecule has 0 aromatic carbocycles. The zero-order chi connectivity index (χ0) is 12.1. The topological polar surface area (TPSA) is 107 Å². The minimum absolute atomic E-state index is 0.143. The van der Waals surface area contributed by atoms with Gasteiger partial charge in [-0.1, -0.05) is 0 Å². The van der Waals surface area contributed by atoms with Gasteiger partial charge in [0.1, 0.15) is 12.4 Å². The standard InChI is InChI=1S/C9H8N6O2/c16-15(17)8-5-11-9(12-6-8)10-4-7-2-1-3-13-14-7/h1-3,5-6H,4H2,(H,10,11,12). The van der Waals surface area contributed by atoms with Crippen molar-refractivity contribution in [3.8, 4) is 0 Å². The fraction of sp³-hybridized carbons (Fsp3) is 0.111. The number of hydrogen-bond acceptors (Lipinski definition) is 7. The smallest absolute Gasteiger partial charge is 0.305 e. The summed E-state index contributed by atoms with van der Waals surface area (Å²) in [6, 6.07) is 3.56. The molecule has 86 valence electrons. The van der Waals surface area contributed by atoms with Crippen molar-refractivity contribution in [3.63, 3.8) is 0 Å². The molecule has 0 saturated heterocycles. The second-order valence-electron chi connectivity index (χ2n) is 3.09. The van der Waals surface area contributed by atoms with E-state index in [0.29, 0.717) is 12.5 Å². The van der Waals surface area contributed by atoms with Gasteiger partial charge in [0, 0.05) is 6.20 Å². The van der Waals surface area contributed by atoms with Gasteiger partial charge in [0.2, 0.25) is 5.95 Å². The van der Waals surface area contributed by atoms with E-state index in [1.165, 1.54) is 0 Å². The minimum Gasteiger partial charge on any atom is -0.348 e. The van der Waals surface area contributed by atoms with Crippen LogP contribution in [0.1, 0.15) is 5.69 Å². The number of anilines is 1. The molecule has 0 aliphatic rings. The molecular formula is C9H8N6O2. The van der Waals surface area contributed by atoms with E-state index in [1.807, 2.05) is 0 Å². The van der Waals surface area contributed by atoms with Crippen LogP contribution in [-0.4, -0.2) is 25.1 Å². The summed E-state index contributed by atoms with van der Waals surface area (Å²) in [5, 5.41) is 20.8. The molecule has 8 nitrogen and oxygen atoms in total. The molecule has 0 amide bonds. The van der Waals surface area contributed by atoms with Gasteiger partial charge in [-0.05, 0) is 12.1 Å². The Morgan fingerprint density at radius 3 is 2.71 bits per heavy atom. The molecule has 0 atom stereocenters. The first-order valence-electron chi connectivity index (χ1n) is 4.72. The van der Waals surface area contributed by atoms with Crippen molar-refractivity contribution >= 4 is 11.6 Å². The molecule has 0 radical (unpaired) electrons. The molecule has 0 spiro atoms. The van der Waals surface area contributed by atoms with Gasteiger partial charge in [-0.15, -0.1) is 0 Å². The summed E-state index contributed by atoms with van der Waals surface area (Å²) in [6.45, 7) is 0.408. The van der Waals surface area contributed by atoms with Gasteiger partial charge in [-0.25, -0.2) is 9.97 Å². The van der Waals surface area contributed by atoms with Gasteiger partial charge >= 0.3 is 5.69 Å². The van der Waals surface area contributed by atoms with Crippen LogP contribution in [0.15, 0.2) is 30.7 Å². The second-order valence-corrected chi connectivity index (χ2v) is 3.09. The van der Waals surface area contributed by atoms with E-state index >= 15 is 0 Å². The van der Waals surface area contributed by atoms with Crippen LogP contribution < -0.4 is 5.32 Å². The van der Waals surface area contributed by atoms with E-state index in [0.717, 1.165) is 18.1 Å². The maximum atomic E-state index is 10.4. The summed E-state index contributed by atoms with van der Waals surface area (Å²) >= 11 is 0. The zero-order valence-corrected chi connectivity index (χ0v) is 8.65. The normalized spacial score (nSPS) is 9.88. The lowest BCUT2D eigenvalue weighted by atomic mass is 10.4. The number of nitro groups is 1. The fourth-order valence-corrected chi connectivity index (χ4v) is 1.10. The van der Waals surface area contributed by atoms with E-state index in [2.05, 4.69) is 25.5 Å². The van der Waals surface area contributed by atoms with Crippen LogP contribution in [0.2, 0.25) is 0 Å². The average molecular weight is 232 g/mol. The summed E-state index contributed by atoms with van der Waals surface area (Å²) in [4.78, 5) is 17.4. The Kier molecular flexibility index (Phi) is 3.15. The molecule has 1 N–H and O–H groups in total. The molecule has 2 heterocycles. The van der Waals surface area contributed by atoms with Gasteiger partial charge in [0.15, 0.2) is 0 Å². The van der Waals surface area contributed by atoms with E-state index < -0.39 is 4.92 Å². The van der Waals surface area contributed by atoms with E-state index in [4.69, 9.17) is 0 Å². The monoisotopic (exact) mass is 232 g/mol. The number of rotatable bonds is 4. The summed E-state index contributed by atoms with van der Waals surface area (Å²) < 4.78 is 0. The Labute approximate surface area is 95.9 Å². The number of nitrogens with zero attached hydrogens (tertiary/aromatic N) is 5. The summed E-state index contributed by atoms with van der Waals surface area (Å²) in [7, 11) is 0. The number of aromatic nitrogens is 4. The highest BCUT2D eigenvalue weighted by molar-refractivity contribution is 5.30. The van der Waals surface area contributed by atoms with Gasteiger partial charge in [-0.3, -0.25) is 10.1 Å². The second kappa shape index (κ2) is 4.92. The molecule has 0 aliphatic carbocycles. The van der Waals surface area contributed by atoms with Crippen LogP contribution in [0.25, 0.3) is 0 Å². The molecule has 2 aromatic rings. The third-order valence-corrected chi connectivity index (χ3v) is 1.90. The lowest BCUT2D eigenvalue weighted by Crippen LogP contribution is -2.05. The van der Waals surface area contributed by atoms with Gasteiger partial charge in [0.05, 0.1) is 17.2 Å². The Bertz CT molecular complexity index is 501. The summed E-state index contributed by atoms with van der Waals surface area (Å²) in [5.41, 5.74) is 0.588. The highest BCUT2D eigenvalue weighted by Gasteiger charge is 2.06. The highest BCUT2D eigenvalue weighted by Crippen LogP contribution is 2.08. The molecule has 2 rings (SSSR count). The Balaban J connectivity index is 1.98. The molecule has 0 bridgehead atoms. The van der Waals surface area contributed by atoms with Gasteiger partial charge < -0.3 is 5.32 Å². The number of nitrogens with one attached hydrogen (secondary N) is 1. The van der Waals surface area contributed by atoms with Crippen molar-refractivity contribution in [1.29, 1.82) is 0 Å². The number of hydrogen-bond donors (Lipinski definition) is 1. The first-order valence-corrected chi connectivity index (χ1v) is 4.72. The summed E-state index contributed by atoms with van der Waals surface area (Å²) in [5.74, 6) is 0.307. The molecule has 0 fully saturated rings. The van der Waals surface area contributed by atoms with Gasteiger partial charge in [-0.2, -0.15) is 10.2 Å². The van der Waals surface area contributed by atoms with Crippen molar-refractivity contribution < 1.29 is 4.92 Å². The average Bonchev–Trinajstić information content (AvgIpc) is 2.38.